The van der Waals surface area contributed by atoms with Crippen molar-refractivity contribution in [2.75, 3.05) is 26.8 Å². The number of nitrogens with zero attached hydrogens (tertiary/aromatic N) is 1. The van der Waals surface area contributed by atoms with Crippen molar-refractivity contribution in [2.45, 2.75) is 31.3 Å². The Morgan fingerprint density at radius 1 is 1.45 bits per heavy atom. The number of rotatable bonds is 4. The summed E-state index contributed by atoms with van der Waals surface area (Å²) in [5.74, 6) is -0.230. The lowest BCUT2D eigenvalue weighted by Crippen LogP contribution is -2.41. The van der Waals surface area contributed by atoms with Crippen LogP contribution in [0.15, 0.2) is 22.7 Å². The Morgan fingerprint density at radius 2 is 2.25 bits per heavy atom. The van der Waals surface area contributed by atoms with E-state index in [2.05, 4.69) is 20.8 Å². The fourth-order valence-electron chi connectivity index (χ4n) is 2.89. The molecule has 2 N–H and O–H groups in total. The van der Waals surface area contributed by atoms with Gasteiger partial charge >= 0.3 is 0 Å². The van der Waals surface area contributed by atoms with E-state index in [1.807, 2.05) is 6.07 Å². The van der Waals surface area contributed by atoms with Crippen LogP contribution in [0.4, 0.5) is 4.39 Å². The zero-order valence-corrected chi connectivity index (χ0v) is 13.4. The first-order valence-corrected chi connectivity index (χ1v) is 7.86. The van der Waals surface area contributed by atoms with E-state index in [4.69, 9.17) is 10.5 Å². The predicted octanol–water partition coefficient (Wildman–Crippen LogP) is 3.09. The van der Waals surface area contributed by atoms with Gasteiger partial charge in [-0.1, -0.05) is 28.4 Å². The Hall–Kier alpha value is -0.490. The minimum Gasteiger partial charge on any atom is -0.383 e. The molecule has 5 heteroatoms. The summed E-state index contributed by atoms with van der Waals surface area (Å²) in [6, 6.07) is 5.04. The van der Waals surface area contributed by atoms with Crippen LogP contribution >= 0.6 is 15.9 Å². The molecule has 2 rings (SSSR count). The zero-order valence-electron chi connectivity index (χ0n) is 11.8. The fourth-order valence-corrected chi connectivity index (χ4v) is 3.48. The van der Waals surface area contributed by atoms with Gasteiger partial charge in [-0.3, -0.25) is 4.90 Å². The molecule has 20 heavy (non-hydrogen) atoms. The van der Waals surface area contributed by atoms with Gasteiger partial charge in [-0.05, 0) is 37.1 Å². The maximum Gasteiger partial charge on any atom is 0.124 e. The van der Waals surface area contributed by atoms with E-state index < -0.39 is 0 Å². The first-order chi connectivity index (χ1) is 9.63. The van der Waals surface area contributed by atoms with Crippen LogP contribution in [-0.4, -0.2) is 37.7 Å². The van der Waals surface area contributed by atoms with E-state index in [1.54, 1.807) is 7.11 Å². The summed E-state index contributed by atoms with van der Waals surface area (Å²) >= 11 is 3.48. The van der Waals surface area contributed by atoms with Crippen LogP contribution in [-0.2, 0) is 4.74 Å². The Balaban J connectivity index is 2.29. The van der Waals surface area contributed by atoms with Crippen LogP contribution in [0.3, 0.4) is 0 Å². The molecule has 0 bridgehead atoms. The van der Waals surface area contributed by atoms with Crippen molar-refractivity contribution in [1.29, 1.82) is 0 Å². The molecule has 0 aliphatic carbocycles. The third-order valence-corrected chi connectivity index (χ3v) is 4.58. The molecule has 0 spiro atoms. The molecule has 1 saturated heterocycles. The van der Waals surface area contributed by atoms with Crippen LogP contribution in [0, 0.1) is 5.82 Å². The predicted molar refractivity (Wildman–Crippen MR) is 82.1 cm³/mol. The lowest BCUT2D eigenvalue weighted by atomic mass is 9.96. The molecule has 0 saturated carbocycles. The molecule has 1 aliphatic heterocycles. The molecule has 2 atom stereocenters. The first kappa shape index (κ1) is 15.9. The number of hydrogen-bond donors (Lipinski definition) is 1. The van der Waals surface area contributed by atoms with Gasteiger partial charge in [-0.15, -0.1) is 0 Å². The highest BCUT2D eigenvalue weighted by molar-refractivity contribution is 9.10. The van der Waals surface area contributed by atoms with Crippen LogP contribution in [0.25, 0.3) is 0 Å². The molecular weight excluding hydrogens is 323 g/mol. The average molecular weight is 345 g/mol. The number of benzene rings is 1. The largest absolute Gasteiger partial charge is 0.383 e. The second kappa shape index (κ2) is 7.50. The summed E-state index contributed by atoms with van der Waals surface area (Å²) in [6.07, 6.45) is 3.28. The third kappa shape index (κ3) is 3.79. The van der Waals surface area contributed by atoms with E-state index in [9.17, 15) is 4.39 Å². The number of likely N-dealkylation sites (tertiary alicyclic amines) is 1. The molecule has 112 valence electrons. The minimum atomic E-state index is -0.230. The van der Waals surface area contributed by atoms with Gasteiger partial charge in [-0.25, -0.2) is 4.39 Å². The van der Waals surface area contributed by atoms with Crippen molar-refractivity contribution in [3.63, 3.8) is 0 Å². The number of methoxy groups -OCH3 is 1. The smallest absolute Gasteiger partial charge is 0.124 e. The topological polar surface area (TPSA) is 38.5 Å². The Kier molecular flexibility index (Phi) is 5.96. The molecule has 1 aliphatic rings. The summed E-state index contributed by atoms with van der Waals surface area (Å²) in [6.45, 7) is 2.53. The Bertz CT molecular complexity index is 444. The van der Waals surface area contributed by atoms with Gasteiger partial charge in [0.25, 0.3) is 0 Å². The lowest BCUT2D eigenvalue weighted by molar-refractivity contribution is 0.114. The van der Waals surface area contributed by atoms with Crippen molar-refractivity contribution < 1.29 is 9.13 Å². The van der Waals surface area contributed by atoms with Crippen LogP contribution < -0.4 is 5.73 Å². The van der Waals surface area contributed by atoms with E-state index >= 15 is 0 Å². The Labute approximate surface area is 128 Å². The molecule has 2 unspecified atom stereocenters. The maximum absolute atomic E-state index is 13.3. The highest BCUT2D eigenvalue weighted by atomic mass is 79.9. The molecule has 0 aromatic heterocycles. The van der Waals surface area contributed by atoms with Crippen LogP contribution in [0.1, 0.15) is 30.9 Å². The summed E-state index contributed by atoms with van der Waals surface area (Å²) in [7, 11) is 1.71. The van der Waals surface area contributed by atoms with Crippen molar-refractivity contribution >= 4 is 15.9 Å². The number of ether oxygens (including phenoxy) is 1. The average Bonchev–Trinajstić information content (AvgIpc) is 2.59. The third-order valence-electron chi connectivity index (χ3n) is 3.90. The quantitative estimate of drug-likeness (QED) is 0.911. The molecular formula is C15H22BrFN2O. The van der Waals surface area contributed by atoms with Crippen LogP contribution in [0.5, 0.6) is 0 Å². The molecule has 1 aromatic rings. The van der Waals surface area contributed by atoms with Gasteiger partial charge in [0.05, 0.1) is 12.6 Å². The highest BCUT2D eigenvalue weighted by Gasteiger charge is 2.29. The lowest BCUT2D eigenvalue weighted by Gasteiger charge is -2.34. The van der Waals surface area contributed by atoms with E-state index in [1.165, 1.54) is 12.1 Å². The fraction of sp³-hybridized carbons (Fsp3) is 0.600. The van der Waals surface area contributed by atoms with Gasteiger partial charge in [0.15, 0.2) is 0 Å². The molecule has 0 radical (unpaired) electrons. The van der Waals surface area contributed by atoms with Gasteiger partial charge in [-0.2, -0.15) is 0 Å². The first-order valence-electron chi connectivity index (χ1n) is 7.07. The monoisotopic (exact) mass is 344 g/mol. The number of hydrogen-bond acceptors (Lipinski definition) is 3. The zero-order chi connectivity index (χ0) is 14.5. The summed E-state index contributed by atoms with van der Waals surface area (Å²) in [4.78, 5) is 2.36. The van der Waals surface area contributed by atoms with Crippen molar-refractivity contribution in [1.82, 2.24) is 4.90 Å². The summed E-state index contributed by atoms with van der Waals surface area (Å²) < 4.78 is 19.3. The van der Waals surface area contributed by atoms with Crippen molar-refractivity contribution in [2.24, 2.45) is 5.73 Å². The van der Waals surface area contributed by atoms with Crippen LogP contribution in [0.2, 0.25) is 0 Å². The highest BCUT2D eigenvalue weighted by Crippen LogP contribution is 2.34. The van der Waals surface area contributed by atoms with Gasteiger partial charge in [0.2, 0.25) is 0 Å². The number of nitrogens with two attached hydrogens (primary N) is 1. The Morgan fingerprint density at radius 3 is 2.95 bits per heavy atom. The van der Waals surface area contributed by atoms with Crippen molar-refractivity contribution in [3.05, 3.63) is 34.1 Å². The molecule has 0 amide bonds. The van der Waals surface area contributed by atoms with E-state index in [0.717, 1.165) is 42.4 Å². The van der Waals surface area contributed by atoms with E-state index in [-0.39, 0.29) is 17.9 Å². The normalized spacial score (nSPS) is 24.6. The van der Waals surface area contributed by atoms with Gasteiger partial charge in [0.1, 0.15) is 5.82 Å². The van der Waals surface area contributed by atoms with E-state index in [0.29, 0.717) is 6.61 Å². The summed E-state index contributed by atoms with van der Waals surface area (Å²) in [5.41, 5.74) is 7.45. The van der Waals surface area contributed by atoms with Crippen molar-refractivity contribution in [3.8, 4) is 0 Å². The second-order valence-corrected chi connectivity index (χ2v) is 6.15. The minimum absolute atomic E-state index is 0.0658. The second-order valence-electron chi connectivity index (χ2n) is 5.30. The maximum atomic E-state index is 13.3. The molecule has 1 aromatic carbocycles. The van der Waals surface area contributed by atoms with Gasteiger partial charge in [0, 0.05) is 24.2 Å². The molecule has 1 heterocycles. The number of halogens is 2. The summed E-state index contributed by atoms with van der Waals surface area (Å²) in [5, 5.41) is 0. The van der Waals surface area contributed by atoms with Gasteiger partial charge < -0.3 is 10.5 Å². The standard InChI is InChI=1S/C15H22BrFN2O/c1-20-9-8-19-7-3-2-4-14(18)15(19)12-6-5-11(17)10-13(12)16/h5-6,10,14-15H,2-4,7-9,18H2,1H3. The molecule has 1 fully saturated rings. The molecule has 3 nitrogen and oxygen atoms in total. The SMILES string of the molecule is COCCN1CCCCC(N)C1c1ccc(F)cc1Br.